The van der Waals surface area contributed by atoms with E-state index in [-0.39, 0.29) is 6.54 Å². The van der Waals surface area contributed by atoms with Crippen molar-refractivity contribution in [2.75, 3.05) is 10.8 Å². The molecule has 0 aromatic heterocycles. The number of amides is 1. The molecule has 96 valence electrons. The van der Waals surface area contributed by atoms with E-state index in [9.17, 15) is 13.2 Å². The van der Waals surface area contributed by atoms with E-state index in [1.165, 1.54) is 0 Å². The molecule has 0 saturated carbocycles. The summed E-state index contributed by atoms with van der Waals surface area (Å²) in [6.45, 7) is 3.11. The lowest BCUT2D eigenvalue weighted by Gasteiger charge is -2.33. The standard InChI is InChI=1S/C11H12N2O4S/c1-2-18(15,16)13-7-10(11(12)14)17-9-6-4-3-5-8(9)13/h2-6,10H,1,7H2,(H2,12,14). The number of para-hydroxylation sites is 2. The monoisotopic (exact) mass is 268 g/mol. The van der Waals surface area contributed by atoms with Crippen LogP contribution in [0.25, 0.3) is 0 Å². The number of hydrogen-bond donors (Lipinski definition) is 1. The smallest absolute Gasteiger partial charge is 0.260 e. The molecule has 0 saturated heterocycles. The first kappa shape index (κ1) is 12.4. The summed E-state index contributed by atoms with van der Waals surface area (Å²) in [6.07, 6.45) is -1.00. The fourth-order valence-electron chi connectivity index (χ4n) is 1.68. The van der Waals surface area contributed by atoms with E-state index >= 15 is 0 Å². The lowest BCUT2D eigenvalue weighted by molar-refractivity contribution is -0.124. The van der Waals surface area contributed by atoms with E-state index in [0.717, 1.165) is 9.71 Å². The third-order valence-electron chi connectivity index (χ3n) is 2.57. The van der Waals surface area contributed by atoms with Gasteiger partial charge in [-0.3, -0.25) is 9.10 Å². The molecule has 2 rings (SSSR count). The number of anilines is 1. The van der Waals surface area contributed by atoms with Gasteiger partial charge < -0.3 is 10.5 Å². The van der Waals surface area contributed by atoms with Gasteiger partial charge in [-0.2, -0.15) is 0 Å². The van der Waals surface area contributed by atoms with Gasteiger partial charge in [0, 0.05) is 5.41 Å². The van der Waals surface area contributed by atoms with Crippen LogP contribution >= 0.6 is 0 Å². The van der Waals surface area contributed by atoms with Gasteiger partial charge in [0.1, 0.15) is 5.75 Å². The van der Waals surface area contributed by atoms with E-state index in [1.54, 1.807) is 24.3 Å². The summed E-state index contributed by atoms with van der Waals surface area (Å²) in [5.74, 6) is -0.410. The molecule has 18 heavy (non-hydrogen) atoms. The minimum absolute atomic E-state index is 0.152. The topological polar surface area (TPSA) is 89.7 Å². The minimum Gasteiger partial charge on any atom is -0.476 e. The fourth-order valence-corrected chi connectivity index (χ4v) is 2.63. The Labute approximate surface area is 105 Å². The quantitative estimate of drug-likeness (QED) is 0.848. The predicted octanol–water partition coefficient (Wildman–Crippen LogP) is 0.213. The van der Waals surface area contributed by atoms with Crippen LogP contribution in [0.1, 0.15) is 0 Å². The molecule has 6 nitrogen and oxygen atoms in total. The van der Waals surface area contributed by atoms with Crippen LogP contribution < -0.4 is 14.8 Å². The van der Waals surface area contributed by atoms with Crippen LogP contribution in [0.2, 0.25) is 0 Å². The summed E-state index contributed by atoms with van der Waals surface area (Å²) in [5.41, 5.74) is 5.53. The molecule has 2 N–H and O–H groups in total. The Morgan fingerprint density at radius 2 is 2.17 bits per heavy atom. The van der Waals surface area contributed by atoms with Crippen LogP contribution in [0.3, 0.4) is 0 Å². The number of carbonyl (C=O) groups excluding carboxylic acids is 1. The Balaban J connectivity index is 2.53. The van der Waals surface area contributed by atoms with E-state index in [1.807, 2.05) is 0 Å². The van der Waals surface area contributed by atoms with Gasteiger partial charge in [-0.15, -0.1) is 0 Å². The van der Waals surface area contributed by atoms with Gasteiger partial charge in [-0.25, -0.2) is 8.42 Å². The van der Waals surface area contributed by atoms with Gasteiger partial charge in [-0.1, -0.05) is 18.7 Å². The maximum Gasteiger partial charge on any atom is 0.260 e. The highest BCUT2D eigenvalue weighted by atomic mass is 32.2. The first-order valence-corrected chi connectivity index (χ1v) is 6.66. The van der Waals surface area contributed by atoms with Crippen molar-refractivity contribution in [2.45, 2.75) is 6.10 Å². The first-order chi connectivity index (χ1) is 8.45. The summed E-state index contributed by atoms with van der Waals surface area (Å²) in [6, 6.07) is 6.53. The average Bonchev–Trinajstić information content (AvgIpc) is 2.37. The van der Waals surface area contributed by atoms with Crippen LogP contribution in [-0.4, -0.2) is 27.0 Å². The number of fused-ring (bicyclic) bond motifs is 1. The van der Waals surface area contributed by atoms with Crippen molar-refractivity contribution in [2.24, 2.45) is 5.73 Å². The molecule has 0 spiro atoms. The zero-order valence-corrected chi connectivity index (χ0v) is 10.3. The van der Waals surface area contributed by atoms with Gasteiger partial charge >= 0.3 is 0 Å². The molecule has 0 aliphatic carbocycles. The Morgan fingerprint density at radius 1 is 1.50 bits per heavy atom. The molecular weight excluding hydrogens is 256 g/mol. The fraction of sp³-hybridized carbons (Fsp3) is 0.182. The first-order valence-electron chi connectivity index (χ1n) is 5.16. The Hall–Kier alpha value is -2.02. The largest absolute Gasteiger partial charge is 0.476 e. The molecule has 1 aliphatic rings. The third kappa shape index (κ3) is 2.04. The average molecular weight is 268 g/mol. The van der Waals surface area contributed by atoms with Crippen LogP contribution in [0.15, 0.2) is 36.3 Å². The number of sulfonamides is 1. The van der Waals surface area contributed by atoms with Crippen molar-refractivity contribution in [3.05, 3.63) is 36.3 Å². The summed E-state index contributed by atoms with van der Waals surface area (Å²) in [5, 5.41) is 0.827. The van der Waals surface area contributed by atoms with Crippen LogP contribution in [0, 0.1) is 0 Å². The van der Waals surface area contributed by atoms with Crippen LogP contribution in [-0.2, 0) is 14.8 Å². The lowest BCUT2D eigenvalue weighted by atomic mass is 10.2. The highest BCUT2D eigenvalue weighted by Gasteiger charge is 2.34. The molecular formula is C11H12N2O4S. The molecule has 1 unspecified atom stereocenters. The summed E-state index contributed by atoms with van der Waals surface area (Å²) >= 11 is 0. The van der Waals surface area contributed by atoms with Gasteiger partial charge in [0.05, 0.1) is 12.2 Å². The minimum atomic E-state index is -3.69. The number of rotatable bonds is 3. The summed E-state index contributed by atoms with van der Waals surface area (Å²) in [7, 11) is -3.69. The number of nitrogens with zero attached hydrogens (tertiary/aromatic N) is 1. The van der Waals surface area contributed by atoms with E-state index in [2.05, 4.69) is 6.58 Å². The molecule has 1 aliphatic heterocycles. The number of ether oxygens (including phenoxy) is 1. The molecule has 0 bridgehead atoms. The van der Waals surface area contributed by atoms with E-state index in [0.29, 0.717) is 11.4 Å². The zero-order valence-electron chi connectivity index (χ0n) is 9.44. The van der Waals surface area contributed by atoms with Crippen molar-refractivity contribution in [1.82, 2.24) is 0 Å². The van der Waals surface area contributed by atoms with E-state index < -0.39 is 22.0 Å². The molecule has 1 aromatic carbocycles. The second-order valence-electron chi connectivity index (χ2n) is 3.72. The zero-order chi connectivity index (χ0) is 13.3. The molecule has 0 fully saturated rings. The molecule has 1 aromatic rings. The molecule has 1 atom stereocenters. The Morgan fingerprint density at radius 3 is 2.78 bits per heavy atom. The second-order valence-corrected chi connectivity index (χ2v) is 5.52. The molecule has 1 heterocycles. The van der Waals surface area contributed by atoms with Gasteiger partial charge in [0.2, 0.25) is 0 Å². The predicted molar refractivity (Wildman–Crippen MR) is 66.5 cm³/mol. The van der Waals surface area contributed by atoms with Gasteiger partial charge in [0.25, 0.3) is 15.9 Å². The van der Waals surface area contributed by atoms with E-state index in [4.69, 9.17) is 10.5 Å². The number of primary amides is 1. The van der Waals surface area contributed by atoms with Crippen LogP contribution in [0.4, 0.5) is 5.69 Å². The SMILES string of the molecule is C=CS(=O)(=O)N1CC(C(N)=O)Oc2ccccc21. The van der Waals surface area contributed by atoms with Crippen molar-refractivity contribution >= 4 is 21.6 Å². The Kier molecular flexibility index (Phi) is 3.00. The lowest BCUT2D eigenvalue weighted by Crippen LogP contribution is -2.48. The maximum atomic E-state index is 11.9. The summed E-state index contributed by atoms with van der Waals surface area (Å²) in [4.78, 5) is 11.2. The number of nitrogens with two attached hydrogens (primary N) is 1. The number of benzene rings is 1. The van der Waals surface area contributed by atoms with Gasteiger partial charge in [0.15, 0.2) is 6.10 Å². The van der Waals surface area contributed by atoms with Crippen LogP contribution in [0.5, 0.6) is 5.75 Å². The number of hydrogen-bond acceptors (Lipinski definition) is 4. The third-order valence-corrected chi connectivity index (χ3v) is 3.95. The molecule has 0 radical (unpaired) electrons. The van der Waals surface area contributed by atoms with Crippen molar-refractivity contribution in [3.8, 4) is 5.75 Å². The number of carbonyl (C=O) groups is 1. The van der Waals surface area contributed by atoms with Crippen molar-refractivity contribution in [1.29, 1.82) is 0 Å². The highest BCUT2D eigenvalue weighted by Crippen LogP contribution is 2.34. The van der Waals surface area contributed by atoms with Crippen molar-refractivity contribution in [3.63, 3.8) is 0 Å². The van der Waals surface area contributed by atoms with Crippen molar-refractivity contribution < 1.29 is 17.9 Å². The van der Waals surface area contributed by atoms with Gasteiger partial charge in [-0.05, 0) is 12.1 Å². The second kappa shape index (κ2) is 4.34. The normalized spacial score (nSPS) is 18.7. The maximum absolute atomic E-state index is 11.9. The summed E-state index contributed by atoms with van der Waals surface area (Å²) < 4.78 is 30.2. The highest BCUT2D eigenvalue weighted by molar-refractivity contribution is 7.95. The Bertz CT molecular complexity index is 597. The molecule has 1 amide bonds. The molecule has 7 heteroatoms.